The van der Waals surface area contributed by atoms with Gasteiger partial charge in [-0.3, -0.25) is 4.79 Å². The summed E-state index contributed by atoms with van der Waals surface area (Å²) in [5.74, 6) is -1.54. The number of carboxylic acid groups (broad SMARTS) is 1. The lowest BCUT2D eigenvalue weighted by atomic mass is 9.92. The van der Waals surface area contributed by atoms with Gasteiger partial charge >= 0.3 is 5.97 Å². The molecule has 6 heteroatoms. The normalized spacial score (nSPS) is 11.1. The fourth-order valence-corrected chi connectivity index (χ4v) is 2.13. The van der Waals surface area contributed by atoms with Crippen molar-refractivity contribution in [1.29, 1.82) is 0 Å². The highest BCUT2D eigenvalue weighted by molar-refractivity contribution is 6.34. The molecule has 0 aliphatic carbocycles. The number of aliphatic carboxylic acids is 1. The van der Waals surface area contributed by atoms with Crippen LogP contribution in [0.15, 0.2) is 18.2 Å². The first-order chi connectivity index (χ1) is 8.86. The molecule has 0 aliphatic rings. The second kappa shape index (κ2) is 5.93. The minimum Gasteiger partial charge on any atom is -0.480 e. The highest BCUT2D eigenvalue weighted by Crippen LogP contribution is 2.26. The second-order valence-electron chi connectivity index (χ2n) is 4.28. The first-order valence-electron chi connectivity index (χ1n) is 5.97. The molecule has 104 valence electrons. The Morgan fingerprint density at radius 2 is 1.95 bits per heavy atom. The number of hydrogen-bond donors (Lipinski definition) is 3. The number of nitrogens with two attached hydrogens (primary N) is 1. The number of primary amides is 1. The van der Waals surface area contributed by atoms with Crippen LogP contribution < -0.4 is 11.1 Å². The summed E-state index contributed by atoms with van der Waals surface area (Å²) in [5.41, 5.74) is 4.86. The number of benzene rings is 1. The zero-order valence-electron chi connectivity index (χ0n) is 10.9. The predicted molar refractivity (Wildman–Crippen MR) is 74.5 cm³/mol. The van der Waals surface area contributed by atoms with Crippen LogP contribution in [0.5, 0.6) is 0 Å². The zero-order chi connectivity index (χ0) is 14.6. The van der Waals surface area contributed by atoms with Crippen molar-refractivity contribution < 1.29 is 14.7 Å². The van der Waals surface area contributed by atoms with Crippen molar-refractivity contribution in [1.82, 2.24) is 0 Å². The lowest BCUT2D eigenvalue weighted by molar-refractivity contribution is -0.142. The summed E-state index contributed by atoms with van der Waals surface area (Å²) >= 11 is 5.93. The first kappa shape index (κ1) is 15.3. The van der Waals surface area contributed by atoms with Crippen molar-refractivity contribution in [2.45, 2.75) is 32.2 Å². The van der Waals surface area contributed by atoms with Gasteiger partial charge in [-0.2, -0.15) is 0 Å². The fraction of sp³-hybridized carbons (Fsp3) is 0.385. The third-order valence-electron chi connectivity index (χ3n) is 3.23. The monoisotopic (exact) mass is 284 g/mol. The average Bonchev–Trinajstić information content (AvgIpc) is 2.35. The van der Waals surface area contributed by atoms with Crippen molar-refractivity contribution in [2.75, 3.05) is 5.32 Å². The van der Waals surface area contributed by atoms with Crippen molar-refractivity contribution in [3.8, 4) is 0 Å². The molecule has 0 atom stereocenters. The quantitative estimate of drug-likeness (QED) is 0.748. The van der Waals surface area contributed by atoms with Crippen LogP contribution in [-0.2, 0) is 4.79 Å². The Bertz CT molecular complexity index is 499. The van der Waals surface area contributed by atoms with Crippen molar-refractivity contribution in [2.24, 2.45) is 5.73 Å². The number of halogens is 1. The van der Waals surface area contributed by atoms with Crippen molar-refractivity contribution in [3.63, 3.8) is 0 Å². The van der Waals surface area contributed by atoms with E-state index in [1.54, 1.807) is 19.9 Å². The van der Waals surface area contributed by atoms with Crippen LogP contribution in [0.4, 0.5) is 5.69 Å². The van der Waals surface area contributed by atoms with E-state index in [1.165, 1.54) is 12.1 Å². The van der Waals surface area contributed by atoms with Gasteiger partial charge in [0.15, 0.2) is 0 Å². The highest BCUT2D eigenvalue weighted by Gasteiger charge is 2.34. The summed E-state index contributed by atoms with van der Waals surface area (Å²) in [4.78, 5) is 22.4. The van der Waals surface area contributed by atoms with Crippen LogP contribution in [0.2, 0.25) is 5.02 Å². The molecule has 0 aromatic heterocycles. The molecule has 0 saturated heterocycles. The maximum atomic E-state index is 11.4. The third kappa shape index (κ3) is 3.17. The molecule has 1 amide bonds. The van der Waals surface area contributed by atoms with E-state index in [0.717, 1.165) is 0 Å². The third-order valence-corrected chi connectivity index (χ3v) is 3.55. The van der Waals surface area contributed by atoms with Gasteiger partial charge in [-0.05, 0) is 31.0 Å². The summed E-state index contributed by atoms with van der Waals surface area (Å²) in [6.07, 6.45) is 0.849. The first-order valence-corrected chi connectivity index (χ1v) is 6.35. The Hall–Kier alpha value is -1.75. The van der Waals surface area contributed by atoms with Gasteiger partial charge in [-0.15, -0.1) is 0 Å². The van der Waals surface area contributed by atoms with E-state index in [0.29, 0.717) is 18.5 Å². The van der Waals surface area contributed by atoms with E-state index in [-0.39, 0.29) is 10.6 Å². The van der Waals surface area contributed by atoms with Gasteiger partial charge in [0.05, 0.1) is 10.6 Å². The minimum atomic E-state index is -1.04. The molecular weight excluding hydrogens is 268 g/mol. The summed E-state index contributed by atoms with van der Waals surface area (Å²) < 4.78 is 0. The smallest absolute Gasteiger partial charge is 0.329 e. The summed E-state index contributed by atoms with van der Waals surface area (Å²) in [7, 11) is 0. The average molecular weight is 285 g/mol. The van der Waals surface area contributed by atoms with Crippen LogP contribution in [0.25, 0.3) is 0 Å². The second-order valence-corrected chi connectivity index (χ2v) is 4.69. The number of hydrogen-bond acceptors (Lipinski definition) is 3. The number of carboxylic acids is 1. The molecule has 1 aromatic carbocycles. The Morgan fingerprint density at radius 1 is 1.37 bits per heavy atom. The number of amides is 1. The topological polar surface area (TPSA) is 92.4 Å². The van der Waals surface area contributed by atoms with Gasteiger partial charge in [0.2, 0.25) is 5.91 Å². The molecule has 0 fully saturated rings. The number of carbonyl (C=O) groups excluding carboxylic acids is 1. The maximum absolute atomic E-state index is 11.4. The molecule has 4 N–H and O–H groups in total. The van der Waals surface area contributed by atoms with Gasteiger partial charge in [-0.25, -0.2) is 4.79 Å². The van der Waals surface area contributed by atoms with E-state index in [1.807, 2.05) is 0 Å². The predicted octanol–water partition coefficient (Wildman–Crippen LogP) is 2.49. The summed E-state index contributed by atoms with van der Waals surface area (Å²) in [6.45, 7) is 3.59. The molecule has 0 aliphatic heterocycles. The van der Waals surface area contributed by atoms with E-state index < -0.39 is 17.4 Å². The number of nitrogens with one attached hydrogen (secondary N) is 1. The standard InChI is InChI=1S/C13H17ClN2O3/c1-3-13(4-2,12(18)19)16-8-5-6-9(11(15)17)10(14)7-8/h5-7,16H,3-4H2,1-2H3,(H2,15,17)(H,18,19). The highest BCUT2D eigenvalue weighted by atomic mass is 35.5. The van der Waals surface area contributed by atoms with Crippen LogP contribution in [0, 0.1) is 0 Å². The Morgan fingerprint density at radius 3 is 2.32 bits per heavy atom. The molecule has 0 radical (unpaired) electrons. The lowest BCUT2D eigenvalue weighted by Crippen LogP contribution is -2.45. The van der Waals surface area contributed by atoms with Crippen molar-refractivity contribution >= 4 is 29.2 Å². The number of rotatable bonds is 6. The van der Waals surface area contributed by atoms with E-state index in [2.05, 4.69) is 5.32 Å². The van der Waals surface area contributed by atoms with E-state index in [9.17, 15) is 14.7 Å². The molecule has 0 saturated carbocycles. The molecular formula is C13H17ClN2O3. The minimum absolute atomic E-state index is 0.198. The number of anilines is 1. The Balaban J connectivity index is 3.08. The van der Waals surface area contributed by atoms with Crippen LogP contribution in [0.1, 0.15) is 37.0 Å². The van der Waals surface area contributed by atoms with Crippen molar-refractivity contribution in [3.05, 3.63) is 28.8 Å². The lowest BCUT2D eigenvalue weighted by Gasteiger charge is -2.29. The molecule has 19 heavy (non-hydrogen) atoms. The van der Waals surface area contributed by atoms with Crippen LogP contribution in [0.3, 0.4) is 0 Å². The van der Waals surface area contributed by atoms with Crippen LogP contribution in [-0.4, -0.2) is 22.5 Å². The summed E-state index contributed by atoms with van der Waals surface area (Å²) in [5, 5.41) is 12.5. The largest absolute Gasteiger partial charge is 0.480 e. The molecule has 0 heterocycles. The van der Waals surface area contributed by atoms with Gasteiger partial charge < -0.3 is 16.2 Å². The Labute approximate surface area is 116 Å². The van der Waals surface area contributed by atoms with Gasteiger partial charge in [-0.1, -0.05) is 25.4 Å². The maximum Gasteiger partial charge on any atom is 0.329 e. The van der Waals surface area contributed by atoms with Gasteiger partial charge in [0.1, 0.15) is 5.54 Å². The van der Waals surface area contributed by atoms with E-state index >= 15 is 0 Å². The fourth-order valence-electron chi connectivity index (χ4n) is 1.85. The van der Waals surface area contributed by atoms with Gasteiger partial charge in [0, 0.05) is 5.69 Å². The molecule has 0 bridgehead atoms. The molecule has 1 rings (SSSR count). The number of carbonyl (C=O) groups is 2. The summed E-state index contributed by atoms with van der Waals surface area (Å²) in [6, 6.07) is 4.57. The molecule has 0 unspecified atom stereocenters. The molecule has 5 nitrogen and oxygen atoms in total. The Kier molecular flexibility index (Phi) is 4.78. The SMILES string of the molecule is CCC(CC)(Nc1ccc(C(N)=O)c(Cl)c1)C(=O)O. The molecule has 0 spiro atoms. The van der Waals surface area contributed by atoms with Crippen LogP contribution >= 0.6 is 11.6 Å². The molecule has 1 aromatic rings. The zero-order valence-corrected chi connectivity index (χ0v) is 11.6. The van der Waals surface area contributed by atoms with Gasteiger partial charge in [0.25, 0.3) is 0 Å². The van der Waals surface area contributed by atoms with E-state index in [4.69, 9.17) is 17.3 Å².